The van der Waals surface area contributed by atoms with Gasteiger partial charge in [-0.15, -0.1) is 0 Å². The Hall–Kier alpha value is -3.82. The average molecular weight is 529 g/mol. The maximum atomic E-state index is 13.2. The van der Waals surface area contributed by atoms with Gasteiger partial charge in [0.25, 0.3) is 11.8 Å². The molecule has 204 valence electrons. The van der Waals surface area contributed by atoms with Crippen LogP contribution in [0.4, 0.5) is 5.82 Å². The van der Waals surface area contributed by atoms with Crippen LogP contribution >= 0.6 is 0 Å². The van der Waals surface area contributed by atoms with Crippen molar-refractivity contribution in [2.45, 2.75) is 63.8 Å². The molecule has 9 nitrogen and oxygen atoms in total. The molecule has 0 saturated carbocycles. The molecule has 2 aliphatic rings. The molecular formula is C30H36N6O3. The molecule has 0 unspecified atom stereocenters. The molecule has 5 rings (SSSR count). The SMILES string of the molecule is CC(C)(C)N1CCC[C@@H](NC(=O)c2nc(-c3cccc(C(=O)N[C@@H]4c5ccccc5C[C@@H]4O)c3)cnc2N)C1. The first-order valence-corrected chi connectivity index (χ1v) is 13.5. The van der Waals surface area contributed by atoms with Crippen LogP contribution in [0.5, 0.6) is 0 Å². The van der Waals surface area contributed by atoms with Crippen LogP contribution < -0.4 is 16.4 Å². The maximum Gasteiger partial charge on any atom is 0.274 e. The molecule has 1 aliphatic heterocycles. The van der Waals surface area contributed by atoms with Gasteiger partial charge < -0.3 is 21.5 Å². The Kier molecular flexibility index (Phi) is 7.38. The number of fused-ring (bicyclic) bond motifs is 1. The molecule has 1 saturated heterocycles. The van der Waals surface area contributed by atoms with Crippen molar-refractivity contribution >= 4 is 17.6 Å². The minimum absolute atomic E-state index is 0.00146. The van der Waals surface area contributed by atoms with Gasteiger partial charge in [0.15, 0.2) is 11.5 Å². The zero-order valence-corrected chi connectivity index (χ0v) is 22.6. The number of benzene rings is 2. The average Bonchev–Trinajstić information content (AvgIpc) is 3.23. The highest BCUT2D eigenvalue weighted by molar-refractivity contribution is 5.98. The molecule has 2 heterocycles. The number of likely N-dealkylation sites (tertiary alicyclic amines) is 1. The second kappa shape index (κ2) is 10.7. The lowest BCUT2D eigenvalue weighted by Gasteiger charge is -2.41. The summed E-state index contributed by atoms with van der Waals surface area (Å²) in [7, 11) is 0. The number of carbonyl (C=O) groups is 2. The number of hydrogen-bond acceptors (Lipinski definition) is 7. The summed E-state index contributed by atoms with van der Waals surface area (Å²) in [4.78, 5) is 37.4. The summed E-state index contributed by atoms with van der Waals surface area (Å²) in [5, 5.41) is 16.6. The lowest BCUT2D eigenvalue weighted by atomic mass is 9.98. The van der Waals surface area contributed by atoms with E-state index < -0.39 is 12.1 Å². The van der Waals surface area contributed by atoms with E-state index in [2.05, 4.69) is 46.3 Å². The molecular weight excluding hydrogens is 492 g/mol. The monoisotopic (exact) mass is 528 g/mol. The highest BCUT2D eigenvalue weighted by Gasteiger charge is 2.32. The minimum Gasteiger partial charge on any atom is -0.390 e. The quantitative estimate of drug-likeness (QED) is 0.400. The van der Waals surface area contributed by atoms with E-state index in [-0.39, 0.29) is 34.9 Å². The molecule has 2 amide bonds. The third-order valence-corrected chi connectivity index (χ3v) is 7.63. The molecule has 5 N–H and O–H groups in total. The van der Waals surface area contributed by atoms with Crippen LogP contribution in [0.25, 0.3) is 11.3 Å². The third-order valence-electron chi connectivity index (χ3n) is 7.63. The number of aliphatic hydroxyl groups excluding tert-OH is 1. The van der Waals surface area contributed by atoms with Crippen molar-refractivity contribution in [1.29, 1.82) is 0 Å². The van der Waals surface area contributed by atoms with E-state index in [9.17, 15) is 14.7 Å². The number of hydrogen-bond donors (Lipinski definition) is 4. The smallest absolute Gasteiger partial charge is 0.274 e. The van der Waals surface area contributed by atoms with Crippen LogP contribution in [-0.4, -0.2) is 62.6 Å². The van der Waals surface area contributed by atoms with Crippen LogP contribution in [-0.2, 0) is 6.42 Å². The fourth-order valence-corrected chi connectivity index (χ4v) is 5.45. The van der Waals surface area contributed by atoms with E-state index in [1.807, 2.05) is 24.3 Å². The summed E-state index contributed by atoms with van der Waals surface area (Å²) < 4.78 is 0. The van der Waals surface area contributed by atoms with Crippen LogP contribution in [0.1, 0.15) is 71.6 Å². The number of aromatic nitrogens is 2. The Morgan fingerprint density at radius 3 is 2.67 bits per heavy atom. The van der Waals surface area contributed by atoms with E-state index in [1.165, 1.54) is 6.20 Å². The van der Waals surface area contributed by atoms with Gasteiger partial charge in [0.2, 0.25) is 0 Å². The van der Waals surface area contributed by atoms with Crippen molar-refractivity contribution in [2.24, 2.45) is 0 Å². The van der Waals surface area contributed by atoms with Gasteiger partial charge >= 0.3 is 0 Å². The summed E-state index contributed by atoms with van der Waals surface area (Å²) in [5.74, 6) is -0.604. The van der Waals surface area contributed by atoms with Gasteiger partial charge in [-0.1, -0.05) is 36.4 Å². The van der Waals surface area contributed by atoms with Crippen molar-refractivity contribution in [3.8, 4) is 11.3 Å². The number of amides is 2. The number of piperidine rings is 1. The van der Waals surface area contributed by atoms with Crippen molar-refractivity contribution in [3.63, 3.8) is 0 Å². The number of nitrogen functional groups attached to an aromatic ring is 1. The van der Waals surface area contributed by atoms with Gasteiger partial charge in [-0.25, -0.2) is 9.97 Å². The summed E-state index contributed by atoms with van der Waals surface area (Å²) in [6, 6.07) is 14.2. The van der Waals surface area contributed by atoms with Crippen molar-refractivity contribution in [2.75, 3.05) is 18.8 Å². The Balaban J connectivity index is 1.32. The Morgan fingerprint density at radius 2 is 1.87 bits per heavy atom. The molecule has 1 aromatic heterocycles. The molecule has 1 fully saturated rings. The molecule has 0 bridgehead atoms. The van der Waals surface area contributed by atoms with Crippen LogP contribution in [0, 0.1) is 0 Å². The zero-order valence-electron chi connectivity index (χ0n) is 22.6. The van der Waals surface area contributed by atoms with Gasteiger partial charge in [0, 0.05) is 35.7 Å². The lowest BCUT2D eigenvalue weighted by Crippen LogP contribution is -2.53. The van der Waals surface area contributed by atoms with E-state index in [0.717, 1.165) is 37.1 Å². The summed E-state index contributed by atoms with van der Waals surface area (Å²) in [6.07, 6.45) is 3.22. The number of carbonyl (C=O) groups excluding carboxylic acids is 2. The second-order valence-electron chi connectivity index (χ2n) is 11.4. The number of rotatable bonds is 5. The normalized spacial score (nSPS) is 21.3. The summed E-state index contributed by atoms with van der Waals surface area (Å²) in [5.41, 5.74) is 9.61. The molecule has 0 spiro atoms. The Bertz CT molecular complexity index is 1390. The van der Waals surface area contributed by atoms with Gasteiger partial charge in [-0.2, -0.15) is 0 Å². The van der Waals surface area contributed by atoms with Gasteiger partial charge in [-0.05, 0) is 63.4 Å². The zero-order chi connectivity index (χ0) is 27.7. The third kappa shape index (κ3) is 5.79. The van der Waals surface area contributed by atoms with Crippen LogP contribution in [0.2, 0.25) is 0 Å². The Labute approximate surface area is 228 Å². The molecule has 0 radical (unpaired) electrons. The van der Waals surface area contributed by atoms with Gasteiger partial charge in [0.1, 0.15) is 0 Å². The summed E-state index contributed by atoms with van der Waals surface area (Å²) in [6.45, 7) is 8.29. The number of nitrogens with one attached hydrogen (secondary N) is 2. The standard InChI is InChI=1S/C30H36N6O3/c1-30(2,3)36-13-7-11-21(17-36)33-29(39)26-27(31)32-16-23(34-26)19-9-6-10-20(14-19)28(38)35-25-22-12-5-4-8-18(22)15-24(25)37/h4-6,8-10,12,14,16,21,24-25,37H,7,11,13,15,17H2,1-3H3,(H2,31,32)(H,33,39)(H,35,38)/t21-,24+,25-/m1/s1. The minimum atomic E-state index is -0.682. The van der Waals surface area contributed by atoms with Crippen molar-refractivity contribution in [3.05, 3.63) is 77.1 Å². The van der Waals surface area contributed by atoms with E-state index >= 15 is 0 Å². The Morgan fingerprint density at radius 1 is 1.08 bits per heavy atom. The summed E-state index contributed by atoms with van der Waals surface area (Å²) >= 11 is 0. The van der Waals surface area contributed by atoms with E-state index in [0.29, 0.717) is 23.2 Å². The first kappa shape index (κ1) is 26.8. The van der Waals surface area contributed by atoms with Crippen molar-refractivity contribution < 1.29 is 14.7 Å². The number of anilines is 1. The van der Waals surface area contributed by atoms with Crippen LogP contribution in [0.3, 0.4) is 0 Å². The molecule has 3 aromatic rings. The highest BCUT2D eigenvalue weighted by atomic mass is 16.3. The predicted octanol–water partition coefficient (Wildman–Crippen LogP) is 3.11. The molecule has 1 aliphatic carbocycles. The number of nitrogens with two attached hydrogens (primary N) is 1. The van der Waals surface area contributed by atoms with E-state index in [4.69, 9.17) is 5.73 Å². The number of nitrogens with zero attached hydrogens (tertiary/aromatic N) is 3. The van der Waals surface area contributed by atoms with Gasteiger partial charge in [0.05, 0.1) is 24.0 Å². The van der Waals surface area contributed by atoms with Crippen LogP contribution in [0.15, 0.2) is 54.7 Å². The second-order valence-corrected chi connectivity index (χ2v) is 11.4. The predicted molar refractivity (Wildman–Crippen MR) is 150 cm³/mol. The highest BCUT2D eigenvalue weighted by Crippen LogP contribution is 2.31. The van der Waals surface area contributed by atoms with Gasteiger partial charge in [-0.3, -0.25) is 14.5 Å². The molecule has 2 aromatic carbocycles. The topological polar surface area (TPSA) is 133 Å². The van der Waals surface area contributed by atoms with Crippen molar-refractivity contribution in [1.82, 2.24) is 25.5 Å². The molecule has 9 heteroatoms. The first-order valence-electron chi connectivity index (χ1n) is 13.5. The van der Waals surface area contributed by atoms with E-state index in [1.54, 1.807) is 24.3 Å². The molecule has 39 heavy (non-hydrogen) atoms. The fourth-order valence-electron chi connectivity index (χ4n) is 5.45. The maximum absolute atomic E-state index is 13.2. The number of aliphatic hydroxyl groups is 1. The molecule has 3 atom stereocenters. The largest absolute Gasteiger partial charge is 0.390 e. The fraction of sp³-hybridized carbons (Fsp3) is 0.400. The first-order chi connectivity index (χ1) is 18.6. The lowest BCUT2D eigenvalue weighted by molar-refractivity contribution is 0.0760.